The van der Waals surface area contributed by atoms with E-state index in [1.807, 2.05) is 11.1 Å². The van der Waals surface area contributed by atoms with Crippen molar-refractivity contribution in [1.29, 1.82) is 0 Å². The fourth-order valence-corrected chi connectivity index (χ4v) is 4.41. The van der Waals surface area contributed by atoms with Gasteiger partial charge in [-0.2, -0.15) is 0 Å². The Morgan fingerprint density at radius 2 is 2.00 bits per heavy atom. The van der Waals surface area contributed by atoms with Crippen LogP contribution in [-0.4, -0.2) is 39.6 Å². The second-order valence-electron chi connectivity index (χ2n) is 7.46. The third-order valence-electron chi connectivity index (χ3n) is 5.86. The van der Waals surface area contributed by atoms with Gasteiger partial charge in [-0.05, 0) is 43.6 Å². The maximum Gasteiger partial charge on any atom is 0.256 e. The van der Waals surface area contributed by atoms with E-state index in [1.165, 1.54) is 11.1 Å². The lowest BCUT2D eigenvalue weighted by Crippen LogP contribution is -2.38. The number of amides is 2. The summed E-state index contributed by atoms with van der Waals surface area (Å²) in [5.41, 5.74) is 5.07. The quantitative estimate of drug-likeness (QED) is 0.654. The normalized spacial score (nSPS) is 17.5. The van der Waals surface area contributed by atoms with Gasteiger partial charge in [-0.15, -0.1) is 0 Å². The van der Waals surface area contributed by atoms with Crippen LogP contribution in [0, 0.1) is 5.92 Å². The van der Waals surface area contributed by atoms with E-state index in [-0.39, 0.29) is 11.8 Å². The number of aryl methyl sites for hydroxylation is 2. The molecule has 0 bridgehead atoms. The van der Waals surface area contributed by atoms with Crippen molar-refractivity contribution in [1.82, 2.24) is 14.9 Å². The van der Waals surface area contributed by atoms with E-state index >= 15 is 0 Å². The van der Waals surface area contributed by atoms with Crippen molar-refractivity contribution in [2.45, 2.75) is 45.1 Å². The number of carbonyl (C=O) groups is 2. The lowest BCUT2D eigenvalue weighted by atomic mass is 9.91. The fourth-order valence-electron chi connectivity index (χ4n) is 4.41. The average molecular weight is 355 g/mol. The minimum absolute atomic E-state index is 0.124. The standard InChI is InChI=1S/C20H25N3O3/c24-18(21-26)7-6-14-8-11-22(12-9-14)20(25)17-13-23-10-2-4-15-3-1-5-16(17)19(15)23/h1,3,5,13-14,26H,2,4,6-12H2,(H,21,24). The van der Waals surface area contributed by atoms with Crippen LogP contribution in [0.5, 0.6) is 0 Å². The van der Waals surface area contributed by atoms with E-state index in [4.69, 9.17) is 5.21 Å². The van der Waals surface area contributed by atoms with Crippen molar-refractivity contribution in [3.8, 4) is 0 Å². The van der Waals surface area contributed by atoms with Gasteiger partial charge < -0.3 is 9.47 Å². The van der Waals surface area contributed by atoms with Gasteiger partial charge in [-0.25, -0.2) is 5.48 Å². The number of likely N-dealkylation sites (tertiary alicyclic amines) is 1. The molecule has 6 heteroatoms. The molecule has 0 aliphatic carbocycles. The molecule has 1 aromatic heterocycles. The number of hydroxylamine groups is 1. The van der Waals surface area contributed by atoms with Crippen LogP contribution < -0.4 is 5.48 Å². The van der Waals surface area contributed by atoms with Gasteiger partial charge in [0.25, 0.3) is 5.91 Å². The first-order chi connectivity index (χ1) is 12.7. The predicted molar refractivity (Wildman–Crippen MR) is 98.0 cm³/mol. The maximum absolute atomic E-state index is 13.1. The number of rotatable bonds is 4. The summed E-state index contributed by atoms with van der Waals surface area (Å²) >= 11 is 0. The van der Waals surface area contributed by atoms with Gasteiger partial charge in [-0.3, -0.25) is 14.8 Å². The SMILES string of the molecule is O=C(CCC1CCN(C(=O)c2cn3c4c(cccc24)CCC3)CC1)NO. The molecule has 2 aliphatic rings. The molecule has 3 heterocycles. The number of nitrogens with zero attached hydrogens (tertiary/aromatic N) is 2. The fraction of sp³-hybridized carbons (Fsp3) is 0.500. The third-order valence-corrected chi connectivity index (χ3v) is 5.86. The second-order valence-corrected chi connectivity index (χ2v) is 7.46. The molecule has 1 fully saturated rings. The Bertz CT molecular complexity index is 834. The topological polar surface area (TPSA) is 74.6 Å². The molecule has 2 N–H and O–H groups in total. The largest absolute Gasteiger partial charge is 0.346 e. The van der Waals surface area contributed by atoms with Crippen LogP contribution in [0.25, 0.3) is 10.9 Å². The van der Waals surface area contributed by atoms with Gasteiger partial charge in [0.2, 0.25) is 5.91 Å². The van der Waals surface area contributed by atoms with Crippen LogP contribution in [0.15, 0.2) is 24.4 Å². The van der Waals surface area contributed by atoms with Gasteiger partial charge in [0.15, 0.2) is 0 Å². The predicted octanol–water partition coefficient (Wildman–Crippen LogP) is 2.73. The average Bonchev–Trinajstić information content (AvgIpc) is 3.07. The highest BCUT2D eigenvalue weighted by Crippen LogP contribution is 2.31. The van der Waals surface area contributed by atoms with E-state index in [9.17, 15) is 9.59 Å². The summed E-state index contributed by atoms with van der Waals surface area (Å²) in [5.74, 6) is 0.225. The van der Waals surface area contributed by atoms with Gasteiger partial charge >= 0.3 is 0 Å². The molecule has 0 unspecified atom stereocenters. The summed E-state index contributed by atoms with van der Waals surface area (Å²) < 4.78 is 2.24. The van der Waals surface area contributed by atoms with E-state index in [1.54, 1.807) is 5.48 Å². The Balaban J connectivity index is 1.46. The molecule has 26 heavy (non-hydrogen) atoms. The number of benzene rings is 1. The van der Waals surface area contributed by atoms with Gasteiger partial charge in [0.1, 0.15) is 0 Å². The molecular formula is C20H25N3O3. The molecule has 2 aliphatic heterocycles. The molecule has 1 saturated heterocycles. The first-order valence-electron chi connectivity index (χ1n) is 9.50. The molecule has 2 amide bonds. The number of piperidine rings is 1. The summed E-state index contributed by atoms with van der Waals surface area (Å²) in [7, 11) is 0. The summed E-state index contributed by atoms with van der Waals surface area (Å²) in [4.78, 5) is 26.2. The van der Waals surface area contributed by atoms with Crippen molar-refractivity contribution in [2.75, 3.05) is 13.1 Å². The molecule has 6 nitrogen and oxygen atoms in total. The van der Waals surface area contributed by atoms with Crippen LogP contribution in [-0.2, 0) is 17.8 Å². The zero-order valence-electron chi connectivity index (χ0n) is 14.9. The lowest BCUT2D eigenvalue weighted by Gasteiger charge is -2.31. The van der Waals surface area contributed by atoms with E-state index < -0.39 is 0 Å². The van der Waals surface area contributed by atoms with Crippen molar-refractivity contribution in [3.05, 3.63) is 35.5 Å². The molecule has 0 radical (unpaired) electrons. The minimum Gasteiger partial charge on any atom is -0.346 e. The second kappa shape index (κ2) is 7.11. The smallest absolute Gasteiger partial charge is 0.256 e. The van der Waals surface area contributed by atoms with Crippen LogP contribution in [0.3, 0.4) is 0 Å². The first-order valence-corrected chi connectivity index (χ1v) is 9.50. The summed E-state index contributed by atoms with van der Waals surface area (Å²) in [6, 6.07) is 6.29. The first kappa shape index (κ1) is 17.1. The number of aromatic nitrogens is 1. The molecular weight excluding hydrogens is 330 g/mol. The summed E-state index contributed by atoms with van der Waals surface area (Å²) in [6.45, 7) is 2.45. The van der Waals surface area contributed by atoms with Crippen molar-refractivity contribution < 1.29 is 14.8 Å². The van der Waals surface area contributed by atoms with Gasteiger partial charge in [0.05, 0.1) is 11.1 Å². The van der Waals surface area contributed by atoms with E-state index in [2.05, 4.69) is 22.8 Å². The molecule has 2 aromatic rings. The van der Waals surface area contributed by atoms with Crippen molar-refractivity contribution in [2.24, 2.45) is 5.92 Å². The van der Waals surface area contributed by atoms with Crippen LogP contribution in [0.2, 0.25) is 0 Å². The molecule has 0 spiro atoms. The third kappa shape index (κ3) is 3.09. The molecule has 4 rings (SSSR count). The number of nitrogens with one attached hydrogen (secondary N) is 1. The molecule has 0 atom stereocenters. The Kier molecular flexibility index (Phi) is 4.68. The highest BCUT2D eigenvalue weighted by atomic mass is 16.5. The highest BCUT2D eigenvalue weighted by molar-refractivity contribution is 6.07. The molecule has 0 saturated carbocycles. The summed E-state index contributed by atoms with van der Waals surface area (Å²) in [6.07, 6.45) is 7.17. The Labute approximate surface area is 152 Å². The van der Waals surface area contributed by atoms with Crippen molar-refractivity contribution in [3.63, 3.8) is 0 Å². The number of carbonyl (C=O) groups excluding carboxylic acids is 2. The van der Waals surface area contributed by atoms with Crippen molar-refractivity contribution >= 4 is 22.7 Å². The number of hydrogen-bond donors (Lipinski definition) is 2. The van der Waals surface area contributed by atoms with Gasteiger partial charge in [-0.1, -0.05) is 18.2 Å². The number of para-hydroxylation sites is 1. The molecule has 1 aromatic carbocycles. The monoisotopic (exact) mass is 355 g/mol. The Morgan fingerprint density at radius 3 is 2.77 bits per heavy atom. The maximum atomic E-state index is 13.1. The highest BCUT2D eigenvalue weighted by Gasteiger charge is 2.27. The van der Waals surface area contributed by atoms with Crippen LogP contribution in [0.1, 0.15) is 48.0 Å². The van der Waals surface area contributed by atoms with E-state index in [0.717, 1.165) is 62.7 Å². The minimum atomic E-state index is -0.336. The zero-order chi connectivity index (χ0) is 18.1. The van der Waals surface area contributed by atoms with Crippen LogP contribution in [0.4, 0.5) is 0 Å². The Hall–Kier alpha value is -2.34. The molecule has 138 valence electrons. The number of hydrogen-bond acceptors (Lipinski definition) is 3. The Morgan fingerprint density at radius 1 is 1.19 bits per heavy atom. The van der Waals surface area contributed by atoms with E-state index in [0.29, 0.717) is 12.3 Å². The lowest BCUT2D eigenvalue weighted by molar-refractivity contribution is -0.129. The van der Waals surface area contributed by atoms with Crippen LogP contribution >= 0.6 is 0 Å². The summed E-state index contributed by atoms with van der Waals surface area (Å²) in [5, 5.41) is 9.66. The van der Waals surface area contributed by atoms with Gasteiger partial charge in [0, 0.05) is 37.6 Å². The zero-order valence-corrected chi connectivity index (χ0v) is 14.9.